The third kappa shape index (κ3) is 6.91. The highest BCUT2D eigenvalue weighted by Crippen LogP contribution is 2.17. The molecule has 1 amide bonds. The summed E-state index contributed by atoms with van der Waals surface area (Å²) in [6, 6.07) is 8.72. The second kappa shape index (κ2) is 8.20. The maximum Gasteiger partial charge on any atom is 0.410 e. The second-order valence-electron chi connectivity index (χ2n) is 7.06. The first-order valence-electron chi connectivity index (χ1n) is 8.05. The zero-order chi connectivity index (χ0) is 17.6. The highest BCUT2D eigenvalue weighted by Gasteiger charge is 2.19. The largest absolute Gasteiger partial charge is 0.444 e. The third-order valence-electron chi connectivity index (χ3n) is 3.51. The van der Waals surface area contributed by atoms with Crippen molar-refractivity contribution in [3.63, 3.8) is 0 Å². The van der Waals surface area contributed by atoms with Crippen molar-refractivity contribution in [1.29, 1.82) is 0 Å². The lowest BCUT2D eigenvalue weighted by Crippen LogP contribution is -2.38. The van der Waals surface area contributed by atoms with Gasteiger partial charge in [0.25, 0.3) is 0 Å². The molecule has 0 aliphatic heterocycles. The number of hydrogen-bond acceptors (Lipinski definition) is 4. The fourth-order valence-corrected chi connectivity index (χ4v) is 2.06. The van der Waals surface area contributed by atoms with E-state index in [0.29, 0.717) is 13.1 Å². The minimum Gasteiger partial charge on any atom is -0.444 e. The lowest BCUT2D eigenvalue weighted by molar-refractivity contribution is 0.0299. The average molecular weight is 321 g/mol. The Morgan fingerprint density at radius 3 is 2.22 bits per heavy atom. The summed E-state index contributed by atoms with van der Waals surface area (Å²) >= 11 is 0. The number of ether oxygens (including phenoxy) is 1. The van der Waals surface area contributed by atoms with Crippen LogP contribution >= 0.6 is 0 Å². The van der Waals surface area contributed by atoms with Crippen molar-refractivity contribution >= 4 is 11.8 Å². The molecule has 0 bridgehead atoms. The van der Waals surface area contributed by atoms with Crippen molar-refractivity contribution in [2.75, 3.05) is 39.1 Å². The molecule has 1 aromatic carbocycles. The van der Waals surface area contributed by atoms with E-state index in [9.17, 15) is 4.79 Å². The van der Waals surface area contributed by atoms with Gasteiger partial charge in [-0.15, -0.1) is 0 Å². The molecule has 0 spiro atoms. The third-order valence-corrected chi connectivity index (χ3v) is 3.51. The Balaban J connectivity index is 2.41. The van der Waals surface area contributed by atoms with E-state index in [1.165, 1.54) is 11.3 Å². The lowest BCUT2D eigenvalue weighted by atomic mass is 10.1. The van der Waals surface area contributed by atoms with E-state index in [1.807, 2.05) is 34.9 Å². The van der Waals surface area contributed by atoms with Crippen molar-refractivity contribution in [1.82, 2.24) is 10.2 Å². The molecule has 0 heterocycles. The van der Waals surface area contributed by atoms with Gasteiger partial charge < -0.3 is 19.9 Å². The molecule has 0 fully saturated rings. The zero-order valence-corrected chi connectivity index (χ0v) is 15.5. The number of anilines is 1. The molecular formula is C18H31N3O2. The Morgan fingerprint density at radius 1 is 1.17 bits per heavy atom. The Morgan fingerprint density at radius 2 is 1.74 bits per heavy atom. The van der Waals surface area contributed by atoms with E-state index >= 15 is 0 Å². The van der Waals surface area contributed by atoms with Crippen LogP contribution in [0.4, 0.5) is 10.5 Å². The van der Waals surface area contributed by atoms with Gasteiger partial charge in [0.05, 0.1) is 0 Å². The molecule has 5 nitrogen and oxygen atoms in total. The molecule has 1 N–H and O–H groups in total. The lowest BCUT2D eigenvalue weighted by Gasteiger charge is -2.25. The van der Waals surface area contributed by atoms with Gasteiger partial charge in [-0.2, -0.15) is 0 Å². The Hall–Kier alpha value is -1.75. The molecule has 5 heteroatoms. The van der Waals surface area contributed by atoms with E-state index in [-0.39, 0.29) is 12.1 Å². The van der Waals surface area contributed by atoms with E-state index in [4.69, 9.17) is 4.74 Å². The maximum atomic E-state index is 11.9. The molecule has 130 valence electrons. The standard InChI is InChI=1S/C18H31N3O2/c1-14(15-8-10-16(11-9-15)20(5)6)19-12-13-21(7)17(22)23-18(2,3)4/h8-11,14,19H,12-13H2,1-7H3. The number of likely N-dealkylation sites (N-methyl/N-ethyl adjacent to an activating group) is 1. The predicted octanol–water partition coefficient (Wildman–Crippen LogP) is 3.27. The van der Waals surface area contributed by atoms with Crippen molar-refractivity contribution in [3.05, 3.63) is 29.8 Å². The van der Waals surface area contributed by atoms with Gasteiger partial charge in [-0.05, 0) is 45.4 Å². The number of amides is 1. The van der Waals surface area contributed by atoms with Crippen molar-refractivity contribution in [3.8, 4) is 0 Å². The van der Waals surface area contributed by atoms with Gasteiger partial charge in [0.1, 0.15) is 5.60 Å². The minimum atomic E-state index is -0.458. The second-order valence-corrected chi connectivity index (χ2v) is 7.06. The quantitative estimate of drug-likeness (QED) is 0.873. The van der Waals surface area contributed by atoms with Crippen LogP contribution in [-0.2, 0) is 4.74 Å². The van der Waals surface area contributed by atoms with Gasteiger partial charge in [-0.3, -0.25) is 0 Å². The van der Waals surface area contributed by atoms with Crippen molar-refractivity contribution in [2.45, 2.75) is 39.3 Å². The van der Waals surface area contributed by atoms with Crippen molar-refractivity contribution < 1.29 is 9.53 Å². The van der Waals surface area contributed by atoms with Gasteiger partial charge in [0.2, 0.25) is 0 Å². The maximum absolute atomic E-state index is 11.9. The molecule has 0 saturated heterocycles. The molecule has 0 aliphatic carbocycles. The molecule has 23 heavy (non-hydrogen) atoms. The van der Waals surface area contributed by atoms with E-state index in [1.54, 1.807) is 11.9 Å². The van der Waals surface area contributed by atoms with Crippen LogP contribution in [0.15, 0.2) is 24.3 Å². The van der Waals surface area contributed by atoms with Crippen LogP contribution < -0.4 is 10.2 Å². The molecular weight excluding hydrogens is 290 g/mol. The monoisotopic (exact) mass is 321 g/mol. The fraction of sp³-hybridized carbons (Fsp3) is 0.611. The fourth-order valence-electron chi connectivity index (χ4n) is 2.06. The molecule has 1 rings (SSSR count). The summed E-state index contributed by atoms with van der Waals surface area (Å²) in [5.41, 5.74) is 1.96. The number of nitrogens with zero attached hydrogens (tertiary/aromatic N) is 2. The van der Waals surface area contributed by atoms with Crippen LogP contribution in [0.5, 0.6) is 0 Å². The van der Waals surface area contributed by atoms with Gasteiger partial charge in [-0.25, -0.2) is 4.79 Å². The van der Waals surface area contributed by atoms with Crippen LogP contribution in [0.1, 0.15) is 39.3 Å². The van der Waals surface area contributed by atoms with Crippen molar-refractivity contribution in [2.24, 2.45) is 0 Å². The summed E-state index contributed by atoms with van der Waals surface area (Å²) in [5, 5.41) is 3.43. The number of carbonyl (C=O) groups is 1. The van der Waals surface area contributed by atoms with Crippen LogP contribution in [0.2, 0.25) is 0 Å². The molecule has 1 aromatic rings. The van der Waals surface area contributed by atoms with Gasteiger partial charge in [0, 0.05) is 46.0 Å². The minimum absolute atomic E-state index is 0.234. The summed E-state index contributed by atoms with van der Waals surface area (Å²) in [4.78, 5) is 15.6. The number of nitrogens with one attached hydrogen (secondary N) is 1. The van der Waals surface area contributed by atoms with Gasteiger partial charge in [-0.1, -0.05) is 12.1 Å². The normalized spacial score (nSPS) is 12.7. The predicted molar refractivity (Wildman–Crippen MR) is 96.1 cm³/mol. The number of rotatable bonds is 6. The Kier molecular flexibility index (Phi) is 6.88. The first-order valence-corrected chi connectivity index (χ1v) is 8.05. The van der Waals surface area contributed by atoms with E-state index in [0.717, 1.165) is 0 Å². The Labute approximate surface area is 140 Å². The Bertz CT molecular complexity index is 492. The molecule has 0 aromatic heterocycles. The van der Waals surface area contributed by atoms with E-state index in [2.05, 4.69) is 41.4 Å². The molecule has 1 atom stereocenters. The summed E-state index contributed by atoms with van der Waals surface area (Å²) in [6.45, 7) is 9.06. The van der Waals surface area contributed by atoms with Gasteiger partial charge >= 0.3 is 6.09 Å². The summed E-state index contributed by atoms with van der Waals surface area (Å²) in [6.07, 6.45) is -0.290. The van der Waals surface area contributed by atoms with Crippen LogP contribution in [0.25, 0.3) is 0 Å². The van der Waals surface area contributed by atoms with Crippen LogP contribution in [-0.4, -0.2) is 50.8 Å². The summed E-state index contributed by atoms with van der Waals surface area (Å²) in [7, 11) is 5.82. The van der Waals surface area contributed by atoms with Gasteiger partial charge in [0.15, 0.2) is 0 Å². The number of benzene rings is 1. The van der Waals surface area contributed by atoms with Crippen LogP contribution in [0.3, 0.4) is 0 Å². The molecule has 0 radical (unpaired) electrons. The first-order chi connectivity index (χ1) is 10.6. The molecule has 0 saturated carbocycles. The number of hydrogen-bond donors (Lipinski definition) is 1. The van der Waals surface area contributed by atoms with E-state index < -0.39 is 5.60 Å². The molecule has 1 unspecified atom stereocenters. The molecule has 0 aliphatic rings. The smallest absolute Gasteiger partial charge is 0.410 e. The summed E-state index contributed by atoms with van der Waals surface area (Å²) in [5.74, 6) is 0. The summed E-state index contributed by atoms with van der Waals surface area (Å²) < 4.78 is 5.33. The highest BCUT2D eigenvalue weighted by atomic mass is 16.6. The van der Waals surface area contributed by atoms with Crippen LogP contribution in [0, 0.1) is 0 Å². The zero-order valence-electron chi connectivity index (χ0n) is 15.5. The number of carbonyl (C=O) groups excluding carboxylic acids is 1. The highest BCUT2D eigenvalue weighted by molar-refractivity contribution is 5.67. The topological polar surface area (TPSA) is 44.8 Å². The SMILES string of the molecule is CC(NCCN(C)C(=O)OC(C)(C)C)c1ccc(N(C)C)cc1. The average Bonchev–Trinajstić information content (AvgIpc) is 2.45. The first kappa shape index (κ1) is 19.3.